The monoisotopic (exact) mass is 258 g/mol. The largest absolute Gasteiger partial charge is 0.295 e. The number of benzene rings is 1. The second-order valence-corrected chi connectivity index (χ2v) is 7.42. The third kappa shape index (κ3) is 2.04. The van der Waals surface area contributed by atoms with Crippen LogP contribution < -0.4 is 0 Å². The second kappa shape index (κ2) is 4.19. The van der Waals surface area contributed by atoms with Crippen LogP contribution in [0.4, 0.5) is 0 Å². The Morgan fingerprint density at radius 3 is 2.26 bits per heavy atom. The van der Waals surface area contributed by atoms with E-state index in [-0.39, 0.29) is 16.6 Å². The quantitative estimate of drug-likeness (QED) is 0.697. The lowest BCUT2D eigenvalue weighted by molar-refractivity contribution is 0.101. The van der Waals surface area contributed by atoms with Crippen molar-refractivity contribution in [1.82, 2.24) is 0 Å². The van der Waals surface area contributed by atoms with E-state index in [1.54, 1.807) is 6.92 Å². The average Bonchev–Trinajstić information content (AvgIpc) is 2.46. The maximum atomic E-state index is 12.0. The highest BCUT2D eigenvalue weighted by molar-refractivity contribution is 5.97. The Hall–Kier alpha value is -1.11. The molecule has 0 saturated heterocycles. The van der Waals surface area contributed by atoms with E-state index in [2.05, 4.69) is 53.7 Å². The van der Waals surface area contributed by atoms with Crippen LogP contribution in [0.25, 0.3) is 0 Å². The molecule has 19 heavy (non-hydrogen) atoms. The van der Waals surface area contributed by atoms with Gasteiger partial charge in [-0.25, -0.2) is 0 Å². The van der Waals surface area contributed by atoms with Gasteiger partial charge in [0, 0.05) is 5.56 Å². The number of hydrogen-bond donors (Lipinski definition) is 0. The fourth-order valence-electron chi connectivity index (χ4n) is 3.86. The van der Waals surface area contributed by atoms with Crippen LogP contribution in [0.1, 0.15) is 75.0 Å². The highest BCUT2D eigenvalue weighted by Gasteiger charge is 2.47. The maximum Gasteiger partial charge on any atom is 0.160 e. The van der Waals surface area contributed by atoms with Crippen molar-refractivity contribution in [2.24, 2.45) is 5.92 Å². The average molecular weight is 258 g/mol. The molecule has 1 heteroatoms. The first kappa shape index (κ1) is 14.3. The zero-order valence-electron chi connectivity index (χ0n) is 13.3. The lowest BCUT2D eigenvalue weighted by Gasteiger charge is -2.32. The van der Waals surface area contributed by atoms with Crippen molar-refractivity contribution in [3.63, 3.8) is 0 Å². The summed E-state index contributed by atoms with van der Waals surface area (Å²) in [4.78, 5) is 12.0. The molecule has 0 N–H and O–H groups in total. The summed E-state index contributed by atoms with van der Waals surface area (Å²) < 4.78 is 0. The summed E-state index contributed by atoms with van der Waals surface area (Å²) in [5.41, 5.74) is 5.09. The van der Waals surface area contributed by atoms with E-state index in [1.165, 1.54) is 16.7 Å². The molecule has 104 valence electrons. The topological polar surface area (TPSA) is 17.1 Å². The number of fused-ring (bicyclic) bond motifs is 1. The molecule has 0 aromatic heterocycles. The maximum absolute atomic E-state index is 12.0. The predicted octanol–water partition coefficient (Wildman–Crippen LogP) is 4.79. The van der Waals surface area contributed by atoms with Crippen molar-refractivity contribution >= 4 is 5.78 Å². The molecule has 0 aliphatic heterocycles. The standard InChI is InChI=1S/C18H26O/c1-11(2)18(7)10-17(5,6)16-14(13(4)19)8-12(3)9-15(16)18/h8-9,11H,10H2,1-7H3. The van der Waals surface area contributed by atoms with Crippen LogP contribution in [0.15, 0.2) is 12.1 Å². The van der Waals surface area contributed by atoms with Crippen LogP contribution >= 0.6 is 0 Å². The summed E-state index contributed by atoms with van der Waals surface area (Å²) in [7, 11) is 0. The molecular formula is C18H26O. The van der Waals surface area contributed by atoms with Crippen molar-refractivity contribution in [2.45, 2.75) is 65.7 Å². The van der Waals surface area contributed by atoms with Crippen LogP contribution in [-0.2, 0) is 10.8 Å². The Labute approximate surface area is 117 Å². The summed E-state index contributed by atoms with van der Waals surface area (Å²) in [6.45, 7) is 15.3. The molecule has 0 fully saturated rings. The molecular weight excluding hydrogens is 232 g/mol. The zero-order chi connectivity index (χ0) is 14.6. The van der Waals surface area contributed by atoms with Gasteiger partial charge < -0.3 is 0 Å². The Morgan fingerprint density at radius 2 is 1.79 bits per heavy atom. The molecule has 1 nitrogen and oxygen atoms in total. The van der Waals surface area contributed by atoms with E-state index in [0.29, 0.717) is 5.92 Å². The Morgan fingerprint density at radius 1 is 1.21 bits per heavy atom. The van der Waals surface area contributed by atoms with Gasteiger partial charge in [0.25, 0.3) is 0 Å². The molecule has 0 amide bonds. The number of ketones is 1. The number of rotatable bonds is 2. The van der Waals surface area contributed by atoms with Gasteiger partial charge >= 0.3 is 0 Å². The smallest absolute Gasteiger partial charge is 0.160 e. The number of aryl methyl sites for hydroxylation is 1. The normalized spacial score (nSPS) is 24.6. The van der Waals surface area contributed by atoms with Gasteiger partial charge in [0.15, 0.2) is 5.78 Å². The van der Waals surface area contributed by atoms with Crippen LogP contribution in [0.3, 0.4) is 0 Å². The first-order chi connectivity index (χ1) is 8.59. The van der Waals surface area contributed by atoms with Gasteiger partial charge in [-0.05, 0) is 54.2 Å². The Balaban J connectivity index is 2.81. The fraction of sp³-hybridized carbons (Fsp3) is 0.611. The van der Waals surface area contributed by atoms with Crippen LogP contribution in [0.2, 0.25) is 0 Å². The number of carbonyl (C=O) groups is 1. The molecule has 0 radical (unpaired) electrons. The summed E-state index contributed by atoms with van der Waals surface area (Å²) >= 11 is 0. The highest BCUT2D eigenvalue weighted by atomic mass is 16.1. The second-order valence-electron chi connectivity index (χ2n) is 7.42. The van der Waals surface area contributed by atoms with Crippen molar-refractivity contribution in [3.8, 4) is 0 Å². The van der Waals surface area contributed by atoms with Gasteiger partial charge in [-0.2, -0.15) is 0 Å². The number of hydrogen-bond acceptors (Lipinski definition) is 1. The first-order valence-corrected chi connectivity index (χ1v) is 7.26. The Kier molecular flexibility index (Phi) is 3.16. The molecule has 2 rings (SSSR count). The molecule has 0 heterocycles. The minimum Gasteiger partial charge on any atom is -0.295 e. The summed E-state index contributed by atoms with van der Waals surface area (Å²) in [5.74, 6) is 0.774. The van der Waals surface area contributed by atoms with E-state index in [0.717, 1.165) is 12.0 Å². The van der Waals surface area contributed by atoms with E-state index in [4.69, 9.17) is 0 Å². The van der Waals surface area contributed by atoms with Gasteiger partial charge in [0.05, 0.1) is 0 Å². The highest BCUT2D eigenvalue weighted by Crippen LogP contribution is 2.54. The zero-order valence-corrected chi connectivity index (χ0v) is 13.3. The lowest BCUT2D eigenvalue weighted by Crippen LogP contribution is -2.27. The molecule has 1 aromatic rings. The molecule has 1 aliphatic rings. The van der Waals surface area contributed by atoms with Crippen LogP contribution in [0.5, 0.6) is 0 Å². The fourth-order valence-corrected chi connectivity index (χ4v) is 3.86. The van der Waals surface area contributed by atoms with Crippen LogP contribution in [-0.4, -0.2) is 5.78 Å². The van der Waals surface area contributed by atoms with Gasteiger partial charge in [0.1, 0.15) is 0 Å². The van der Waals surface area contributed by atoms with E-state index >= 15 is 0 Å². The molecule has 1 aliphatic carbocycles. The molecule has 1 atom stereocenters. The van der Waals surface area contributed by atoms with Crippen LogP contribution in [0, 0.1) is 12.8 Å². The summed E-state index contributed by atoms with van der Waals surface area (Å²) in [6.07, 6.45) is 1.12. The molecule has 1 unspecified atom stereocenters. The van der Waals surface area contributed by atoms with Gasteiger partial charge in [-0.3, -0.25) is 4.79 Å². The molecule has 1 aromatic carbocycles. The summed E-state index contributed by atoms with van der Waals surface area (Å²) in [5, 5.41) is 0. The SMILES string of the molecule is CC(=O)c1cc(C)cc2c1C(C)(C)CC2(C)C(C)C. The minimum absolute atomic E-state index is 0.0864. The van der Waals surface area contributed by atoms with Crippen molar-refractivity contribution in [1.29, 1.82) is 0 Å². The summed E-state index contributed by atoms with van der Waals surface area (Å²) in [6, 6.07) is 4.37. The first-order valence-electron chi connectivity index (χ1n) is 7.26. The molecule has 0 spiro atoms. The molecule has 0 bridgehead atoms. The molecule has 0 saturated carbocycles. The number of Topliss-reactive ketones (excluding diaryl/α,β-unsaturated/α-hetero) is 1. The van der Waals surface area contributed by atoms with E-state index < -0.39 is 0 Å². The minimum atomic E-state index is 0.0864. The van der Waals surface area contributed by atoms with Gasteiger partial charge in [0.2, 0.25) is 0 Å². The van der Waals surface area contributed by atoms with E-state index in [1.807, 2.05) is 0 Å². The predicted molar refractivity (Wildman–Crippen MR) is 81.0 cm³/mol. The van der Waals surface area contributed by atoms with Gasteiger partial charge in [-0.15, -0.1) is 0 Å². The van der Waals surface area contributed by atoms with Gasteiger partial charge in [-0.1, -0.05) is 46.2 Å². The Bertz CT molecular complexity index is 537. The van der Waals surface area contributed by atoms with E-state index in [9.17, 15) is 4.79 Å². The van der Waals surface area contributed by atoms with Crippen molar-refractivity contribution < 1.29 is 4.79 Å². The van der Waals surface area contributed by atoms with Crippen molar-refractivity contribution in [2.75, 3.05) is 0 Å². The van der Waals surface area contributed by atoms with Crippen molar-refractivity contribution in [3.05, 3.63) is 34.4 Å². The third-order valence-corrected chi connectivity index (χ3v) is 5.04. The third-order valence-electron chi connectivity index (χ3n) is 5.04. The lowest BCUT2D eigenvalue weighted by atomic mass is 9.72. The number of carbonyl (C=O) groups excluding carboxylic acids is 1.